The fourth-order valence-corrected chi connectivity index (χ4v) is 4.16. The number of rotatable bonds is 6. The number of benzene rings is 2. The zero-order chi connectivity index (χ0) is 23.1. The molecular formula is C23H22F2N4O2S. The molecule has 0 saturated heterocycles. The third-order valence-electron chi connectivity index (χ3n) is 5.13. The molecule has 0 radical (unpaired) electrons. The molecule has 0 aliphatic carbocycles. The molecule has 32 heavy (non-hydrogen) atoms. The highest BCUT2D eigenvalue weighted by Crippen LogP contribution is 2.32. The number of aryl methyl sites for hydroxylation is 1. The van der Waals surface area contributed by atoms with E-state index >= 15 is 0 Å². The molecule has 0 unspecified atom stereocenters. The molecule has 0 aliphatic heterocycles. The van der Waals surface area contributed by atoms with Gasteiger partial charge in [0.1, 0.15) is 0 Å². The number of aromatic nitrogens is 3. The maximum atomic E-state index is 14.2. The second-order valence-electron chi connectivity index (χ2n) is 7.80. The van der Waals surface area contributed by atoms with Gasteiger partial charge in [-0.2, -0.15) is 0 Å². The van der Waals surface area contributed by atoms with E-state index in [9.17, 15) is 17.2 Å². The summed E-state index contributed by atoms with van der Waals surface area (Å²) >= 11 is 0. The van der Waals surface area contributed by atoms with E-state index in [0.717, 1.165) is 18.9 Å². The van der Waals surface area contributed by atoms with Crippen LogP contribution in [-0.4, -0.2) is 29.2 Å². The van der Waals surface area contributed by atoms with E-state index in [4.69, 9.17) is 0 Å². The van der Waals surface area contributed by atoms with Crippen molar-refractivity contribution in [2.45, 2.75) is 31.2 Å². The molecule has 4 rings (SSSR count). The molecule has 2 heterocycles. The smallest absolute Gasteiger partial charge is 0.270 e. The summed E-state index contributed by atoms with van der Waals surface area (Å²) in [5, 5.41) is 3.18. The molecule has 166 valence electrons. The van der Waals surface area contributed by atoms with Gasteiger partial charge in [0.25, 0.3) is 5.92 Å². The number of imidazole rings is 1. The van der Waals surface area contributed by atoms with Crippen molar-refractivity contribution < 1.29 is 17.2 Å². The molecule has 0 fully saturated rings. The Hall–Kier alpha value is -3.33. The molecule has 0 amide bonds. The predicted octanol–water partition coefficient (Wildman–Crippen LogP) is 5.05. The third kappa shape index (κ3) is 4.47. The van der Waals surface area contributed by atoms with Gasteiger partial charge in [0.05, 0.1) is 34.4 Å². The highest BCUT2D eigenvalue weighted by Gasteiger charge is 2.27. The maximum absolute atomic E-state index is 14.2. The lowest BCUT2D eigenvalue weighted by Gasteiger charge is -2.18. The van der Waals surface area contributed by atoms with Gasteiger partial charge in [0, 0.05) is 24.4 Å². The van der Waals surface area contributed by atoms with Crippen LogP contribution in [0.5, 0.6) is 0 Å². The third-order valence-corrected chi connectivity index (χ3v) is 6.24. The van der Waals surface area contributed by atoms with Crippen molar-refractivity contribution in [1.29, 1.82) is 0 Å². The topological polar surface area (TPSA) is 76.9 Å². The largest absolute Gasteiger partial charge is 0.324 e. The lowest BCUT2D eigenvalue weighted by Crippen LogP contribution is -2.14. The molecule has 4 aromatic rings. The molecule has 0 atom stereocenters. The minimum atomic E-state index is -3.43. The van der Waals surface area contributed by atoms with E-state index in [1.807, 2.05) is 19.1 Å². The van der Waals surface area contributed by atoms with Gasteiger partial charge in [-0.25, -0.2) is 22.2 Å². The fourth-order valence-electron chi connectivity index (χ4n) is 3.52. The van der Waals surface area contributed by atoms with Gasteiger partial charge in [0.2, 0.25) is 5.95 Å². The number of anilines is 2. The van der Waals surface area contributed by atoms with Gasteiger partial charge in [-0.05, 0) is 42.8 Å². The Bertz CT molecular complexity index is 1390. The number of nitrogens with one attached hydrogen (secondary N) is 1. The van der Waals surface area contributed by atoms with Gasteiger partial charge in [-0.1, -0.05) is 24.3 Å². The van der Waals surface area contributed by atoms with Crippen molar-refractivity contribution in [3.8, 4) is 0 Å². The maximum Gasteiger partial charge on any atom is 0.270 e. The van der Waals surface area contributed by atoms with E-state index in [2.05, 4.69) is 15.3 Å². The number of alkyl halides is 2. The number of hydrogen-bond acceptors (Lipinski definition) is 5. The normalized spacial score (nSPS) is 12.3. The second-order valence-corrected chi connectivity index (χ2v) is 9.82. The summed E-state index contributed by atoms with van der Waals surface area (Å²) in [4.78, 5) is 8.96. The van der Waals surface area contributed by atoms with Gasteiger partial charge < -0.3 is 9.88 Å². The van der Waals surface area contributed by atoms with Gasteiger partial charge in [-0.15, -0.1) is 0 Å². The summed E-state index contributed by atoms with van der Waals surface area (Å²) in [6, 6.07) is 14.7. The van der Waals surface area contributed by atoms with Gasteiger partial charge in [0.15, 0.2) is 9.84 Å². The number of sulfone groups is 1. The minimum Gasteiger partial charge on any atom is -0.324 e. The molecule has 0 spiro atoms. The Kier molecular flexibility index (Phi) is 5.46. The Morgan fingerprint density at radius 1 is 1.09 bits per heavy atom. The van der Waals surface area contributed by atoms with Crippen LogP contribution in [0.4, 0.5) is 20.4 Å². The van der Waals surface area contributed by atoms with Gasteiger partial charge in [-0.3, -0.25) is 4.98 Å². The molecule has 0 saturated carbocycles. The van der Waals surface area contributed by atoms with Crippen LogP contribution in [-0.2, 0) is 22.3 Å². The number of halogens is 2. The standard InChI is InChI=1S/C23H22F2N4O2S/c1-15-8-9-17(13-26-15)27-22-28-20-12-18(32(3,30)31)10-11-21(20)29(22)14-16-6-4-5-7-19(16)23(2,24)25/h4-13H,14H2,1-3H3,(H,27,28). The van der Waals surface area contributed by atoms with E-state index in [1.165, 1.54) is 18.2 Å². The zero-order valence-electron chi connectivity index (χ0n) is 17.8. The van der Waals surface area contributed by atoms with Crippen LogP contribution in [0, 0.1) is 6.92 Å². The quantitative estimate of drug-likeness (QED) is 0.440. The number of fused-ring (bicyclic) bond motifs is 1. The summed E-state index contributed by atoms with van der Waals surface area (Å²) in [7, 11) is -3.43. The Morgan fingerprint density at radius 3 is 2.50 bits per heavy atom. The SMILES string of the molecule is Cc1ccc(Nc2nc3cc(S(C)(=O)=O)ccc3n2Cc2ccccc2C(C)(F)F)cn1. The highest BCUT2D eigenvalue weighted by atomic mass is 32.2. The first kappa shape index (κ1) is 21.9. The van der Waals surface area contributed by atoms with Crippen LogP contribution in [0.3, 0.4) is 0 Å². The molecule has 0 aliphatic rings. The zero-order valence-corrected chi connectivity index (χ0v) is 18.6. The van der Waals surface area contributed by atoms with E-state index in [1.54, 1.807) is 35.0 Å². The molecule has 0 bridgehead atoms. The van der Waals surface area contributed by atoms with E-state index < -0.39 is 15.8 Å². The van der Waals surface area contributed by atoms with Crippen LogP contribution >= 0.6 is 0 Å². The summed E-state index contributed by atoms with van der Waals surface area (Å²) in [5.74, 6) is -2.62. The lowest BCUT2D eigenvalue weighted by atomic mass is 10.0. The first-order valence-electron chi connectivity index (χ1n) is 9.88. The molecular weight excluding hydrogens is 434 g/mol. The van der Waals surface area contributed by atoms with Crippen molar-refractivity contribution in [3.05, 3.63) is 77.6 Å². The number of hydrogen-bond donors (Lipinski definition) is 1. The lowest BCUT2D eigenvalue weighted by molar-refractivity contribution is 0.0165. The van der Waals surface area contributed by atoms with Crippen molar-refractivity contribution in [1.82, 2.24) is 14.5 Å². The van der Waals surface area contributed by atoms with Crippen LogP contribution in [0.1, 0.15) is 23.7 Å². The second kappa shape index (κ2) is 7.98. The fraction of sp³-hybridized carbons (Fsp3) is 0.217. The molecule has 2 aromatic carbocycles. The van der Waals surface area contributed by atoms with E-state index in [-0.39, 0.29) is 17.0 Å². The Morgan fingerprint density at radius 2 is 1.84 bits per heavy atom. The number of pyridine rings is 1. The Labute approximate surface area is 184 Å². The van der Waals surface area contributed by atoms with Crippen molar-refractivity contribution in [3.63, 3.8) is 0 Å². The summed E-state index contributed by atoms with van der Waals surface area (Å²) in [6.07, 6.45) is 2.77. The molecule has 9 heteroatoms. The minimum absolute atomic E-state index is 0.0717. The summed E-state index contributed by atoms with van der Waals surface area (Å²) in [6.45, 7) is 2.86. The molecule has 2 aromatic heterocycles. The summed E-state index contributed by atoms with van der Waals surface area (Å²) in [5.41, 5.74) is 2.95. The highest BCUT2D eigenvalue weighted by molar-refractivity contribution is 7.90. The average Bonchev–Trinajstić information content (AvgIpc) is 3.05. The van der Waals surface area contributed by atoms with Gasteiger partial charge >= 0.3 is 0 Å². The summed E-state index contributed by atoms with van der Waals surface area (Å²) < 4.78 is 54.2. The van der Waals surface area contributed by atoms with E-state index in [0.29, 0.717) is 28.2 Å². The van der Waals surface area contributed by atoms with Crippen LogP contribution in [0.25, 0.3) is 11.0 Å². The van der Waals surface area contributed by atoms with Crippen molar-refractivity contribution in [2.75, 3.05) is 11.6 Å². The first-order valence-corrected chi connectivity index (χ1v) is 11.8. The molecule has 6 nitrogen and oxygen atoms in total. The van der Waals surface area contributed by atoms with Crippen molar-refractivity contribution in [2.24, 2.45) is 0 Å². The van der Waals surface area contributed by atoms with Crippen LogP contribution in [0.15, 0.2) is 65.7 Å². The number of nitrogens with zero attached hydrogens (tertiary/aromatic N) is 3. The molecule has 1 N–H and O–H groups in total. The van der Waals surface area contributed by atoms with Crippen LogP contribution in [0.2, 0.25) is 0 Å². The monoisotopic (exact) mass is 456 g/mol. The average molecular weight is 457 g/mol. The first-order chi connectivity index (χ1) is 15.0. The van der Waals surface area contributed by atoms with Crippen molar-refractivity contribution >= 4 is 32.5 Å². The Balaban J connectivity index is 1.86. The van der Waals surface area contributed by atoms with Crippen LogP contribution < -0.4 is 5.32 Å². The predicted molar refractivity (Wildman–Crippen MR) is 120 cm³/mol.